The predicted molar refractivity (Wildman–Crippen MR) is 32.1 cm³/mol. The first-order valence-corrected chi connectivity index (χ1v) is 3.75. The number of rotatable bonds is 2. The van der Waals surface area contributed by atoms with Crippen LogP contribution in [-0.4, -0.2) is 18.2 Å². The van der Waals surface area contributed by atoms with Gasteiger partial charge in [-0.05, 0) is 0 Å². The molecule has 0 atom stereocenters. The molecule has 1 heterocycles. The predicted octanol–water partition coefficient (Wildman–Crippen LogP) is 0.249. The molecule has 4 nitrogen and oxygen atoms in total. The van der Waals surface area contributed by atoms with E-state index in [9.17, 15) is 17.2 Å². The molecule has 0 aliphatic rings. The lowest BCUT2D eigenvalue weighted by Crippen LogP contribution is -1.96. The molecule has 0 radical (unpaired) electrons. The van der Waals surface area contributed by atoms with E-state index in [0.29, 0.717) is 0 Å². The van der Waals surface area contributed by atoms with Crippen molar-refractivity contribution in [2.45, 2.75) is 11.4 Å². The van der Waals surface area contributed by atoms with Crippen molar-refractivity contribution in [1.29, 1.82) is 0 Å². The number of hydrogen-bond donors (Lipinski definition) is 1. The Morgan fingerprint density at radius 3 is 2.45 bits per heavy atom. The highest BCUT2D eigenvalue weighted by molar-refractivity contribution is 7.72. The lowest BCUT2D eigenvalue weighted by molar-refractivity contribution is 0.0564. The highest BCUT2D eigenvalue weighted by atomic mass is 32.2. The van der Waals surface area contributed by atoms with Crippen LogP contribution in [0.3, 0.4) is 0 Å². The van der Waals surface area contributed by atoms with Gasteiger partial charge in [-0.3, -0.25) is 0 Å². The van der Waals surface area contributed by atoms with E-state index in [1.807, 2.05) is 0 Å². The summed E-state index contributed by atoms with van der Waals surface area (Å²) in [5, 5.41) is 3.12. The molecule has 0 saturated heterocycles. The summed E-state index contributed by atoms with van der Waals surface area (Å²) in [7, 11) is -2.82. The third-order valence-electron chi connectivity index (χ3n) is 0.999. The summed E-state index contributed by atoms with van der Waals surface area (Å²) >= 11 is 0. The maximum Gasteiger partial charge on any atom is 0.333 e. The molecule has 0 unspecified atom stereocenters. The summed E-state index contributed by atoms with van der Waals surface area (Å²) in [6.45, 7) is -2.79. The molecule has 1 aromatic heterocycles. The Balaban J connectivity index is 2.99. The van der Waals surface area contributed by atoms with Crippen LogP contribution in [0.25, 0.3) is 0 Å². The standard InChI is InChI=1S/C4H4F2N2O2S/c5-4(6)8-2-3(1-7-8)11(9)10/h1-2,4,11H. The quantitative estimate of drug-likeness (QED) is 0.667. The Morgan fingerprint density at radius 2 is 2.18 bits per heavy atom. The van der Waals surface area contributed by atoms with Crippen molar-refractivity contribution < 1.29 is 17.2 Å². The fourth-order valence-corrected chi connectivity index (χ4v) is 0.888. The van der Waals surface area contributed by atoms with E-state index in [1.165, 1.54) is 0 Å². The first kappa shape index (κ1) is 8.12. The molecule has 7 heteroatoms. The van der Waals surface area contributed by atoms with Crippen LogP contribution in [0.4, 0.5) is 8.78 Å². The molecule has 0 amide bonds. The molecule has 1 rings (SSSR count). The molecule has 0 aliphatic heterocycles. The van der Waals surface area contributed by atoms with Gasteiger partial charge in [0.05, 0.1) is 6.20 Å². The number of halogens is 2. The van der Waals surface area contributed by atoms with Crippen LogP contribution in [-0.2, 0) is 10.7 Å². The molecule has 0 saturated carbocycles. The Labute approximate surface area is 62.4 Å². The average Bonchev–Trinajstić information content (AvgIpc) is 2.33. The molecule has 0 fully saturated rings. The van der Waals surface area contributed by atoms with Gasteiger partial charge in [-0.25, -0.2) is 13.1 Å². The first-order valence-electron chi connectivity index (χ1n) is 2.58. The van der Waals surface area contributed by atoms with Crippen molar-refractivity contribution in [3.05, 3.63) is 12.4 Å². The van der Waals surface area contributed by atoms with Crippen molar-refractivity contribution in [3.8, 4) is 0 Å². The van der Waals surface area contributed by atoms with Crippen LogP contribution in [0.1, 0.15) is 6.55 Å². The van der Waals surface area contributed by atoms with Crippen LogP contribution >= 0.6 is 0 Å². The van der Waals surface area contributed by atoms with Crippen molar-refractivity contribution >= 4 is 10.7 Å². The molecule has 0 spiro atoms. The molecular weight excluding hydrogens is 178 g/mol. The van der Waals surface area contributed by atoms with Gasteiger partial charge in [-0.15, -0.1) is 0 Å². The Morgan fingerprint density at radius 1 is 1.55 bits per heavy atom. The zero-order chi connectivity index (χ0) is 8.43. The molecule has 0 aliphatic carbocycles. The van der Waals surface area contributed by atoms with Crippen molar-refractivity contribution in [3.63, 3.8) is 0 Å². The summed E-state index contributed by atoms with van der Waals surface area (Å²) in [5.41, 5.74) is 0. The highest BCUT2D eigenvalue weighted by Gasteiger charge is 2.07. The number of alkyl halides is 2. The first-order chi connectivity index (χ1) is 5.11. The van der Waals surface area contributed by atoms with E-state index in [0.717, 1.165) is 12.4 Å². The summed E-state index contributed by atoms with van der Waals surface area (Å²) < 4.78 is 44.1. The Kier molecular flexibility index (Phi) is 2.18. The van der Waals surface area contributed by atoms with E-state index in [2.05, 4.69) is 5.10 Å². The van der Waals surface area contributed by atoms with E-state index < -0.39 is 17.3 Å². The monoisotopic (exact) mass is 182 g/mol. The van der Waals surface area contributed by atoms with Crippen molar-refractivity contribution in [1.82, 2.24) is 9.78 Å². The summed E-state index contributed by atoms with van der Waals surface area (Å²) in [5.74, 6) is 0. The van der Waals surface area contributed by atoms with Crippen LogP contribution in [0.2, 0.25) is 0 Å². The third kappa shape index (κ3) is 1.73. The van der Waals surface area contributed by atoms with Gasteiger partial charge < -0.3 is 0 Å². The Bertz CT molecular complexity index is 312. The van der Waals surface area contributed by atoms with Gasteiger partial charge in [0.2, 0.25) is 0 Å². The lowest BCUT2D eigenvalue weighted by Gasteiger charge is -1.93. The number of nitrogens with zero attached hydrogens (tertiary/aromatic N) is 2. The van der Waals surface area contributed by atoms with Crippen LogP contribution in [0, 0.1) is 0 Å². The maximum absolute atomic E-state index is 11.7. The zero-order valence-corrected chi connectivity index (χ0v) is 6.04. The van der Waals surface area contributed by atoms with Crippen molar-refractivity contribution in [2.75, 3.05) is 0 Å². The smallest absolute Gasteiger partial charge is 0.227 e. The molecule has 11 heavy (non-hydrogen) atoms. The lowest BCUT2D eigenvalue weighted by atomic mass is 10.7. The maximum atomic E-state index is 11.7. The van der Waals surface area contributed by atoms with E-state index in [-0.39, 0.29) is 9.58 Å². The van der Waals surface area contributed by atoms with E-state index >= 15 is 0 Å². The summed E-state index contributed by atoms with van der Waals surface area (Å²) in [6.07, 6.45) is 1.65. The molecule has 0 N–H and O–H groups in total. The normalized spacial score (nSPS) is 11.3. The second kappa shape index (κ2) is 2.95. The van der Waals surface area contributed by atoms with Gasteiger partial charge in [-0.1, -0.05) is 0 Å². The van der Waals surface area contributed by atoms with Crippen LogP contribution in [0.5, 0.6) is 0 Å². The average molecular weight is 182 g/mol. The fourth-order valence-electron chi connectivity index (χ4n) is 0.529. The number of aromatic nitrogens is 2. The van der Waals surface area contributed by atoms with Gasteiger partial charge >= 0.3 is 6.55 Å². The molecule has 1 aromatic rings. The summed E-state index contributed by atoms with van der Waals surface area (Å²) in [6, 6.07) is 0. The minimum Gasteiger partial charge on any atom is -0.227 e. The molecule has 62 valence electrons. The second-order valence-electron chi connectivity index (χ2n) is 1.71. The van der Waals surface area contributed by atoms with Crippen molar-refractivity contribution in [2.24, 2.45) is 0 Å². The molecule has 0 bridgehead atoms. The Hall–Kier alpha value is -0.980. The number of thiol groups is 1. The highest BCUT2D eigenvalue weighted by Crippen LogP contribution is 2.09. The zero-order valence-electron chi connectivity index (χ0n) is 5.15. The van der Waals surface area contributed by atoms with Crippen LogP contribution < -0.4 is 0 Å². The topological polar surface area (TPSA) is 52.0 Å². The van der Waals surface area contributed by atoms with Gasteiger partial charge in [0, 0.05) is 6.20 Å². The van der Waals surface area contributed by atoms with Gasteiger partial charge in [-0.2, -0.15) is 13.9 Å². The largest absolute Gasteiger partial charge is 0.333 e. The minimum atomic E-state index is -2.82. The summed E-state index contributed by atoms with van der Waals surface area (Å²) in [4.78, 5) is -0.208. The fraction of sp³-hybridized carbons (Fsp3) is 0.250. The molecule has 0 aromatic carbocycles. The third-order valence-corrected chi connectivity index (χ3v) is 1.65. The van der Waals surface area contributed by atoms with Crippen LogP contribution in [0.15, 0.2) is 17.3 Å². The van der Waals surface area contributed by atoms with E-state index in [1.54, 1.807) is 0 Å². The number of hydrogen-bond acceptors (Lipinski definition) is 3. The molecular formula is C4H4F2N2O2S. The van der Waals surface area contributed by atoms with Gasteiger partial charge in [0.25, 0.3) is 0 Å². The van der Waals surface area contributed by atoms with E-state index in [4.69, 9.17) is 0 Å². The minimum absolute atomic E-state index is 0.208. The van der Waals surface area contributed by atoms with Gasteiger partial charge in [0.15, 0.2) is 10.7 Å². The van der Waals surface area contributed by atoms with Gasteiger partial charge in [0.1, 0.15) is 4.90 Å². The second-order valence-corrected chi connectivity index (χ2v) is 2.74. The SMILES string of the molecule is O=[SH](=O)c1cnn(C(F)F)c1.